The summed E-state index contributed by atoms with van der Waals surface area (Å²) in [6.07, 6.45) is 5.04. The summed E-state index contributed by atoms with van der Waals surface area (Å²) in [6.45, 7) is 15.5. The number of likely N-dealkylation sites (tertiary alicyclic amines) is 1. The summed E-state index contributed by atoms with van der Waals surface area (Å²) >= 11 is 0. The number of benzene rings is 1. The van der Waals surface area contributed by atoms with Gasteiger partial charge in [-0.1, -0.05) is 51.5 Å². The molecule has 130 valence electrons. The van der Waals surface area contributed by atoms with Gasteiger partial charge in [-0.05, 0) is 56.3 Å². The number of hydrogen-bond acceptors (Lipinski definition) is 2. The highest BCUT2D eigenvalue weighted by Crippen LogP contribution is 2.25. The van der Waals surface area contributed by atoms with Crippen molar-refractivity contribution in [3.8, 4) is 0 Å². The molecule has 1 unspecified atom stereocenters. The smallest absolute Gasteiger partial charge is 0.0820 e. The molecular weight excluding hydrogens is 282 g/mol. The summed E-state index contributed by atoms with van der Waals surface area (Å²) in [5.74, 6) is 0. The summed E-state index contributed by atoms with van der Waals surface area (Å²) in [4.78, 5) is 2.59. The topological polar surface area (TPSA) is 12.5 Å². The fourth-order valence-corrected chi connectivity index (χ4v) is 3.65. The Kier molecular flexibility index (Phi) is 6.27. The van der Waals surface area contributed by atoms with Crippen LogP contribution < -0.4 is 0 Å². The van der Waals surface area contributed by atoms with E-state index in [2.05, 4.69) is 63.8 Å². The molecular formula is C21H35NO. The number of rotatable bonds is 6. The van der Waals surface area contributed by atoms with E-state index in [9.17, 15) is 0 Å². The number of piperidine rings is 1. The first-order valence-electron chi connectivity index (χ1n) is 9.28. The number of nitrogens with zero attached hydrogens (tertiary/aromatic N) is 1. The third-order valence-electron chi connectivity index (χ3n) is 4.90. The van der Waals surface area contributed by atoms with Gasteiger partial charge >= 0.3 is 0 Å². The summed E-state index contributed by atoms with van der Waals surface area (Å²) in [7, 11) is 0. The van der Waals surface area contributed by atoms with E-state index in [1.807, 2.05) is 0 Å². The molecule has 1 aliphatic rings. The largest absolute Gasteiger partial charge is 0.374 e. The van der Waals surface area contributed by atoms with Crippen LogP contribution in [0.4, 0.5) is 0 Å². The van der Waals surface area contributed by atoms with Gasteiger partial charge in [0.25, 0.3) is 0 Å². The van der Waals surface area contributed by atoms with Crippen LogP contribution in [0.5, 0.6) is 0 Å². The molecule has 2 heteroatoms. The zero-order valence-electron chi connectivity index (χ0n) is 15.8. The summed E-state index contributed by atoms with van der Waals surface area (Å²) in [5, 5.41) is 0. The Hall–Kier alpha value is -0.860. The average Bonchev–Trinajstić information content (AvgIpc) is 2.47. The van der Waals surface area contributed by atoms with Crippen LogP contribution in [-0.4, -0.2) is 36.7 Å². The SMILES string of the molecule is CCOC(C)(Cc1ccc(C(C)(C)C)cc1)CN1CCCCC1. The highest BCUT2D eigenvalue weighted by Gasteiger charge is 2.29. The van der Waals surface area contributed by atoms with Gasteiger partial charge in [0.1, 0.15) is 0 Å². The van der Waals surface area contributed by atoms with Crippen LogP contribution in [0.25, 0.3) is 0 Å². The van der Waals surface area contributed by atoms with E-state index in [1.54, 1.807) is 0 Å². The van der Waals surface area contributed by atoms with Crippen molar-refractivity contribution < 1.29 is 4.74 Å². The minimum Gasteiger partial charge on any atom is -0.374 e. The second-order valence-electron chi connectivity index (χ2n) is 8.34. The van der Waals surface area contributed by atoms with Crippen molar-refractivity contribution in [2.45, 2.75) is 71.3 Å². The molecule has 1 aliphatic heterocycles. The summed E-state index contributed by atoms with van der Waals surface area (Å²) < 4.78 is 6.19. The highest BCUT2D eigenvalue weighted by atomic mass is 16.5. The van der Waals surface area contributed by atoms with Gasteiger partial charge in [0.2, 0.25) is 0 Å². The lowest BCUT2D eigenvalue weighted by molar-refractivity contribution is -0.0500. The Balaban J connectivity index is 2.05. The molecule has 0 aliphatic carbocycles. The Morgan fingerprint density at radius 1 is 0.957 bits per heavy atom. The molecule has 1 saturated heterocycles. The fourth-order valence-electron chi connectivity index (χ4n) is 3.65. The molecule has 1 aromatic rings. The van der Waals surface area contributed by atoms with Crippen LogP contribution in [0.1, 0.15) is 65.0 Å². The van der Waals surface area contributed by atoms with Crippen molar-refractivity contribution in [2.75, 3.05) is 26.2 Å². The van der Waals surface area contributed by atoms with E-state index >= 15 is 0 Å². The molecule has 23 heavy (non-hydrogen) atoms. The van der Waals surface area contributed by atoms with Crippen LogP contribution >= 0.6 is 0 Å². The summed E-state index contributed by atoms with van der Waals surface area (Å²) in [6, 6.07) is 9.13. The number of hydrogen-bond donors (Lipinski definition) is 0. The van der Waals surface area contributed by atoms with Crippen LogP contribution in [0.15, 0.2) is 24.3 Å². The lowest BCUT2D eigenvalue weighted by Gasteiger charge is -2.37. The minimum absolute atomic E-state index is 0.0880. The minimum atomic E-state index is -0.0880. The molecule has 2 nitrogen and oxygen atoms in total. The zero-order valence-corrected chi connectivity index (χ0v) is 15.8. The van der Waals surface area contributed by atoms with Gasteiger partial charge in [-0.15, -0.1) is 0 Å². The first kappa shape index (κ1) is 18.5. The lowest BCUT2D eigenvalue weighted by Crippen LogP contribution is -2.46. The second-order valence-corrected chi connectivity index (χ2v) is 8.34. The Morgan fingerprint density at radius 3 is 2.09 bits per heavy atom. The van der Waals surface area contributed by atoms with Crippen molar-refractivity contribution in [2.24, 2.45) is 0 Å². The van der Waals surface area contributed by atoms with Crippen molar-refractivity contribution >= 4 is 0 Å². The molecule has 1 heterocycles. The van der Waals surface area contributed by atoms with Crippen molar-refractivity contribution in [3.05, 3.63) is 35.4 Å². The monoisotopic (exact) mass is 317 g/mol. The molecule has 0 aromatic heterocycles. The summed E-state index contributed by atoms with van der Waals surface area (Å²) in [5.41, 5.74) is 2.91. The lowest BCUT2D eigenvalue weighted by atomic mass is 9.85. The Bertz CT molecular complexity index is 468. The first-order chi connectivity index (χ1) is 10.8. The van der Waals surface area contributed by atoms with E-state index in [1.165, 1.54) is 43.5 Å². The molecule has 1 aromatic carbocycles. The van der Waals surface area contributed by atoms with Gasteiger partial charge in [0.15, 0.2) is 0 Å². The van der Waals surface area contributed by atoms with Crippen molar-refractivity contribution in [1.82, 2.24) is 4.90 Å². The molecule has 0 radical (unpaired) electrons. The van der Waals surface area contributed by atoms with Gasteiger partial charge in [0.05, 0.1) is 5.60 Å². The van der Waals surface area contributed by atoms with Crippen molar-refractivity contribution in [1.29, 1.82) is 0 Å². The molecule has 1 fully saturated rings. The van der Waals surface area contributed by atoms with Gasteiger partial charge in [-0.3, -0.25) is 0 Å². The van der Waals surface area contributed by atoms with Crippen molar-refractivity contribution in [3.63, 3.8) is 0 Å². The maximum atomic E-state index is 6.19. The normalized spacial score (nSPS) is 19.5. The fraction of sp³-hybridized carbons (Fsp3) is 0.714. The van der Waals surface area contributed by atoms with E-state index in [0.29, 0.717) is 0 Å². The number of ether oxygens (including phenoxy) is 1. The molecule has 0 saturated carbocycles. The van der Waals surface area contributed by atoms with E-state index in [0.717, 1.165) is 19.6 Å². The van der Waals surface area contributed by atoms with E-state index in [-0.39, 0.29) is 11.0 Å². The maximum Gasteiger partial charge on any atom is 0.0820 e. The maximum absolute atomic E-state index is 6.19. The third kappa shape index (κ3) is 5.61. The second kappa shape index (κ2) is 7.81. The molecule has 2 rings (SSSR count). The van der Waals surface area contributed by atoms with E-state index < -0.39 is 0 Å². The third-order valence-corrected chi connectivity index (χ3v) is 4.90. The van der Waals surface area contributed by atoms with Gasteiger partial charge in [-0.25, -0.2) is 0 Å². The molecule has 0 N–H and O–H groups in total. The predicted octanol–water partition coefficient (Wildman–Crippen LogP) is 4.81. The van der Waals surface area contributed by atoms with E-state index in [4.69, 9.17) is 4.74 Å². The molecule has 0 amide bonds. The van der Waals surface area contributed by atoms with Crippen LogP contribution in [-0.2, 0) is 16.6 Å². The average molecular weight is 318 g/mol. The molecule has 1 atom stereocenters. The zero-order chi connectivity index (χ0) is 16.9. The van der Waals surface area contributed by atoms with Gasteiger partial charge in [-0.2, -0.15) is 0 Å². The quantitative estimate of drug-likeness (QED) is 0.746. The Morgan fingerprint density at radius 2 is 1.57 bits per heavy atom. The standard InChI is InChI=1S/C21H35NO/c1-6-23-21(5,17-22-14-8-7-9-15-22)16-18-10-12-19(13-11-18)20(2,3)4/h10-13H,6-9,14-17H2,1-5H3. The predicted molar refractivity (Wildman–Crippen MR) is 99.2 cm³/mol. The molecule has 0 spiro atoms. The van der Waals surface area contributed by atoms with Crippen LogP contribution in [0, 0.1) is 0 Å². The van der Waals surface area contributed by atoms with Crippen LogP contribution in [0.2, 0.25) is 0 Å². The van der Waals surface area contributed by atoms with Crippen LogP contribution in [0.3, 0.4) is 0 Å². The van der Waals surface area contributed by atoms with Gasteiger partial charge < -0.3 is 9.64 Å². The highest BCUT2D eigenvalue weighted by molar-refractivity contribution is 5.28. The Labute approximate surface area is 143 Å². The van der Waals surface area contributed by atoms with Gasteiger partial charge in [0, 0.05) is 19.6 Å². The molecule has 0 bridgehead atoms. The first-order valence-corrected chi connectivity index (χ1v) is 9.28.